The lowest BCUT2D eigenvalue weighted by Gasteiger charge is -2.17. The van der Waals surface area contributed by atoms with Crippen LogP contribution in [0.3, 0.4) is 0 Å². The van der Waals surface area contributed by atoms with Crippen molar-refractivity contribution in [2.24, 2.45) is 0 Å². The number of fused-ring (bicyclic) bond motifs is 1. The van der Waals surface area contributed by atoms with Crippen molar-refractivity contribution in [1.82, 2.24) is 0 Å². The molecule has 63 valence electrons. The molecule has 12 heavy (non-hydrogen) atoms. The van der Waals surface area contributed by atoms with Crippen LogP contribution >= 0.6 is 0 Å². The van der Waals surface area contributed by atoms with Gasteiger partial charge in [-0.05, 0) is 11.6 Å². The maximum atomic E-state index is 2.26. The fourth-order valence-corrected chi connectivity index (χ4v) is 1.95. The maximum Gasteiger partial charge on any atom is 0.0590 e. The van der Waals surface area contributed by atoms with Gasteiger partial charge in [-0.15, -0.1) is 0 Å². The predicted molar refractivity (Wildman–Crippen MR) is 52.2 cm³/mol. The highest BCUT2D eigenvalue weighted by Crippen LogP contribution is 2.41. The van der Waals surface area contributed by atoms with Crippen molar-refractivity contribution >= 4 is 5.69 Å². The molecule has 1 aromatic rings. The summed E-state index contributed by atoms with van der Waals surface area (Å²) in [5, 5.41) is 0. The Bertz CT molecular complexity index is 302. The van der Waals surface area contributed by atoms with Crippen LogP contribution in [0.2, 0.25) is 0 Å². The molecule has 1 aromatic carbocycles. The number of likely N-dealkylation sites (N-methyl/N-ethyl adjacent to an activating group) is 1. The Morgan fingerprint density at radius 1 is 1.17 bits per heavy atom. The lowest BCUT2D eigenvalue weighted by molar-refractivity contribution is 0.632. The summed E-state index contributed by atoms with van der Waals surface area (Å²) < 4.78 is 0. The van der Waals surface area contributed by atoms with Crippen molar-refractivity contribution in [3.05, 3.63) is 36.4 Å². The fourth-order valence-electron chi connectivity index (χ4n) is 1.95. The molecule has 0 aliphatic carbocycles. The fraction of sp³-hybridized carbons (Fsp3) is 0.364. The lowest BCUT2D eigenvalue weighted by Crippen LogP contribution is -2.18. The van der Waals surface area contributed by atoms with E-state index in [0.717, 1.165) is 0 Å². The molecule has 1 aliphatic rings. The topological polar surface area (TPSA) is 3.24 Å². The van der Waals surface area contributed by atoms with Gasteiger partial charge < -0.3 is 4.90 Å². The maximum absolute atomic E-state index is 2.26. The van der Waals surface area contributed by atoms with Crippen molar-refractivity contribution in [1.29, 1.82) is 0 Å². The SMILES string of the molecule is CN1[CH]C(C)(C)c2ccccc21. The number of hydrogen-bond donors (Lipinski definition) is 0. The summed E-state index contributed by atoms with van der Waals surface area (Å²) in [4.78, 5) is 2.20. The zero-order valence-electron chi connectivity index (χ0n) is 7.83. The lowest BCUT2D eigenvalue weighted by atomic mass is 9.87. The molecule has 1 aliphatic heterocycles. The van der Waals surface area contributed by atoms with Crippen LogP contribution in [-0.4, -0.2) is 7.05 Å². The summed E-state index contributed by atoms with van der Waals surface area (Å²) in [5.41, 5.74) is 2.96. The zero-order valence-corrected chi connectivity index (χ0v) is 7.83. The Morgan fingerprint density at radius 3 is 2.50 bits per heavy atom. The Morgan fingerprint density at radius 2 is 1.83 bits per heavy atom. The molecule has 0 unspecified atom stereocenters. The Hall–Kier alpha value is -0.980. The highest BCUT2D eigenvalue weighted by Gasteiger charge is 2.32. The zero-order chi connectivity index (χ0) is 8.77. The summed E-state index contributed by atoms with van der Waals surface area (Å²) in [7, 11) is 2.10. The highest BCUT2D eigenvalue weighted by atomic mass is 15.1. The van der Waals surface area contributed by atoms with Crippen LogP contribution in [0.5, 0.6) is 0 Å². The molecule has 0 N–H and O–H groups in total. The minimum atomic E-state index is 0.200. The van der Waals surface area contributed by atoms with Crippen LogP contribution in [0, 0.1) is 6.54 Å². The smallest absolute Gasteiger partial charge is 0.0590 e. The first-order valence-corrected chi connectivity index (χ1v) is 4.30. The number of rotatable bonds is 0. The van der Waals surface area contributed by atoms with E-state index in [2.05, 4.69) is 56.6 Å². The minimum absolute atomic E-state index is 0.200. The van der Waals surface area contributed by atoms with Gasteiger partial charge in [0.05, 0.1) is 6.54 Å². The molecule has 0 saturated heterocycles. The first-order chi connectivity index (χ1) is 5.61. The Balaban J connectivity index is 2.58. The van der Waals surface area contributed by atoms with E-state index in [-0.39, 0.29) is 5.41 Å². The van der Waals surface area contributed by atoms with Gasteiger partial charge in [-0.1, -0.05) is 32.0 Å². The highest BCUT2D eigenvalue weighted by molar-refractivity contribution is 5.64. The van der Waals surface area contributed by atoms with E-state index in [9.17, 15) is 0 Å². The Kier molecular flexibility index (Phi) is 1.44. The van der Waals surface area contributed by atoms with Crippen LogP contribution < -0.4 is 4.90 Å². The first kappa shape index (κ1) is 7.66. The molecule has 0 aromatic heterocycles. The molecule has 0 bridgehead atoms. The van der Waals surface area contributed by atoms with E-state index < -0.39 is 0 Å². The van der Waals surface area contributed by atoms with Crippen molar-refractivity contribution in [3.8, 4) is 0 Å². The number of hydrogen-bond acceptors (Lipinski definition) is 1. The van der Waals surface area contributed by atoms with Gasteiger partial charge in [0, 0.05) is 18.2 Å². The predicted octanol–water partition coefficient (Wildman–Crippen LogP) is 2.58. The second-order valence-electron chi connectivity index (χ2n) is 3.98. The summed E-state index contributed by atoms with van der Waals surface area (Å²) in [6, 6.07) is 8.56. The third-order valence-corrected chi connectivity index (χ3v) is 2.49. The van der Waals surface area contributed by atoms with E-state index in [0.29, 0.717) is 0 Å². The van der Waals surface area contributed by atoms with Gasteiger partial charge in [0.1, 0.15) is 0 Å². The Labute approximate surface area is 74.0 Å². The molecule has 0 spiro atoms. The van der Waals surface area contributed by atoms with Crippen LogP contribution in [0.25, 0.3) is 0 Å². The summed E-state index contributed by atoms with van der Waals surface area (Å²) in [6.07, 6.45) is 0. The molecule has 0 fully saturated rings. The van der Waals surface area contributed by atoms with Gasteiger partial charge in [0.25, 0.3) is 0 Å². The van der Waals surface area contributed by atoms with Crippen molar-refractivity contribution < 1.29 is 0 Å². The monoisotopic (exact) mass is 160 g/mol. The van der Waals surface area contributed by atoms with Gasteiger partial charge in [-0.25, -0.2) is 0 Å². The minimum Gasteiger partial charge on any atom is -0.368 e. The van der Waals surface area contributed by atoms with Gasteiger partial charge >= 0.3 is 0 Å². The molecule has 1 heteroatoms. The van der Waals surface area contributed by atoms with E-state index in [1.807, 2.05) is 0 Å². The summed E-state index contributed by atoms with van der Waals surface area (Å²) >= 11 is 0. The van der Waals surface area contributed by atoms with E-state index in [1.54, 1.807) is 0 Å². The number of nitrogens with zero attached hydrogens (tertiary/aromatic N) is 1. The standard InChI is InChI=1S/C11H14N/c1-11(2)8-12(3)10-7-5-4-6-9(10)11/h4-8H,1-3H3. The number of benzene rings is 1. The van der Waals surface area contributed by atoms with Gasteiger partial charge in [0.15, 0.2) is 0 Å². The molecule has 2 rings (SSSR count). The third-order valence-electron chi connectivity index (χ3n) is 2.49. The average Bonchev–Trinajstić information content (AvgIpc) is 2.25. The van der Waals surface area contributed by atoms with Gasteiger partial charge in [0.2, 0.25) is 0 Å². The molecular formula is C11H14N. The van der Waals surface area contributed by atoms with Crippen LogP contribution in [0.1, 0.15) is 19.4 Å². The van der Waals surface area contributed by atoms with Crippen LogP contribution in [-0.2, 0) is 5.41 Å². The second kappa shape index (κ2) is 2.25. The number of para-hydroxylation sites is 1. The molecule has 0 saturated carbocycles. The molecular weight excluding hydrogens is 146 g/mol. The van der Waals surface area contributed by atoms with Gasteiger partial charge in [-0.3, -0.25) is 0 Å². The number of anilines is 1. The quantitative estimate of drug-likeness (QED) is 0.564. The largest absolute Gasteiger partial charge is 0.368 e. The van der Waals surface area contributed by atoms with Crippen molar-refractivity contribution in [2.45, 2.75) is 19.3 Å². The second-order valence-corrected chi connectivity index (χ2v) is 3.98. The summed E-state index contributed by atoms with van der Waals surface area (Å²) in [5.74, 6) is 0. The first-order valence-electron chi connectivity index (χ1n) is 4.30. The van der Waals surface area contributed by atoms with Crippen molar-refractivity contribution in [2.75, 3.05) is 11.9 Å². The van der Waals surface area contributed by atoms with Crippen LogP contribution in [0.15, 0.2) is 24.3 Å². The molecule has 1 radical (unpaired) electrons. The normalized spacial score (nSPS) is 19.4. The molecule has 1 nitrogen and oxygen atoms in total. The molecule has 1 heterocycles. The third kappa shape index (κ3) is 0.927. The molecule has 0 amide bonds. The summed E-state index contributed by atoms with van der Waals surface area (Å²) in [6.45, 7) is 6.75. The van der Waals surface area contributed by atoms with Crippen LogP contribution in [0.4, 0.5) is 5.69 Å². The molecule has 0 atom stereocenters. The van der Waals surface area contributed by atoms with Crippen molar-refractivity contribution in [3.63, 3.8) is 0 Å². The van der Waals surface area contributed by atoms with E-state index in [4.69, 9.17) is 0 Å². The van der Waals surface area contributed by atoms with E-state index in [1.165, 1.54) is 11.3 Å². The van der Waals surface area contributed by atoms with E-state index >= 15 is 0 Å². The average molecular weight is 160 g/mol. The van der Waals surface area contributed by atoms with Gasteiger partial charge in [-0.2, -0.15) is 0 Å².